The molecule has 158 valence electrons. The van der Waals surface area contributed by atoms with E-state index in [-0.39, 0.29) is 12.5 Å². The summed E-state index contributed by atoms with van der Waals surface area (Å²) in [6.45, 7) is 2.72. The molecular formula is C24H22Cl2N4O. The molecule has 0 saturated heterocycles. The van der Waals surface area contributed by atoms with Crippen molar-refractivity contribution in [3.05, 3.63) is 93.5 Å². The number of hydrogen-bond acceptors (Lipinski definition) is 3. The molecule has 2 heterocycles. The molecule has 7 heteroatoms. The van der Waals surface area contributed by atoms with Gasteiger partial charge in [0.15, 0.2) is 0 Å². The molecule has 2 aromatic carbocycles. The summed E-state index contributed by atoms with van der Waals surface area (Å²) in [7, 11) is 0. The van der Waals surface area contributed by atoms with Crippen molar-refractivity contribution in [1.82, 2.24) is 19.9 Å². The second-order valence-electron chi connectivity index (χ2n) is 7.46. The highest BCUT2D eigenvalue weighted by molar-refractivity contribution is 6.42. The van der Waals surface area contributed by atoms with Crippen molar-refractivity contribution in [1.29, 1.82) is 0 Å². The molecule has 0 atom stereocenters. The third-order valence-electron chi connectivity index (χ3n) is 5.05. The monoisotopic (exact) mass is 452 g/mol. The van der Waals surface area contributed by atoms with Gasteiger partial charge in [-0.2, -0.15) is 0 Å². The smallest absolute Gasteiger partial charge is 0.240 e. The SMILES string of the molecule is Cc1cccc(Cc2nc3cc(Cl)c(Cl)cc3n2CC(=O)NCCc2ccccn2)c1. The molecule has 1 N–H and O–H groups in total. The number of halogens is 2. The van der Waals surface area contributed by atoms with Gasteiger partial charge in [-0.05, 0) is 36.8 Å². The van der Waals surface area contributed by atoms with E-state index in [0.717, 1.165) is 28.1 Å². The molecule has 4 aromatic rings. The van der Waals surface area contributed by atoms with Crippen LogP contribution >= 0.6 is 23.2 Å². The van der Waals surface area contributed by atoms with Crippen LogP contribution in [0.1, 0.15) is 22.6 Å². The van der Waals surface area contributed by atoms with E-state index in [1.807, 2.05) is 28.8 Å². The van der Waals surface area contributed by atoms with Crippen molar-refractivity contribution in [2.24, 2.45) is 0 Å². The standard InChI is InChI=1S/C24H22Cl2N4O/c1-16-5-4-6-17(11-16)12-23-29-21-13-19(25)20(26)14-22(21)30(23)15-24(31)28-10-8-18-7-2-3-9-27-18/h2-7,9,11,13-14H,8,10,12,15H2,1H3,(H,28,31). The van der Waals surface area contributed by atoms with Gasteiger partial charge in [0.1, 0.15) is 12.4 Å². The average Bonchev–Trinajstić information content (AvgIpc) is 3.05. The van der Waals surface area contributed by atoms with Crippen LogP contribution in [0.4, 0.5) is 0 Å². The number of fused-ring (bicyclic) bond motifs is 1. The fourth-order valence-corrected chi connectivity index (χ4v) is 3.88. The molecule has 31 heavy (non-hydrogen) atoms. The van der Waals surface area contributed by atoms with Crippen molar-refractivity contribution >= 4 is 40.1 Å². The van der Waals surface area contributed by atoms with Gasteiger partial charge >= 0.3 is 0 Å². The van der Waals surface area contributed by atoms with E-state index in [4.69, 9.17) is 28.2 Å². The van der Waals surface area contributed by atoms with E-state index in [2.05, 4.69) is 35.4 Å². The Hall–Kier alpha value is -2.89. The number of aromatic nitrogens is 3. The summed E-state index contributed by atoms with van der Waals surface area (Å²) in [4.78, 5) is 21.8. The van der Waals surface area contributed by atoms with Gasteiger partial charge in [0, 0.05) is 31.3 Å². The Labute approximate surface area is 191 Å². The first kappa shape index (κ1) is 21.3. The lowest BCUT2D eigenvalue weighted by molar-refractivity contribution is -0.121. The zero-order valence-corrected chi connectivity index (χ0v) is 18.6. The number of nitrogens with one attached hydrogen (secondary N) is 1. The molecule has 5 nitrogen and oxygen atoms in total. The maximum Gasteiger partial charge on any atom is 0.240 e. The molecule has 0 unspecified atom stereocenters. The highest BCUT2D eigenvalue weighted by Crippen LogP contribution is 2.29. The summed E-state index contributed by atoms with van der Waals surface area (Å²) >= 11 is 12.5. The number of amides is 1. The first-order valence-corrected chi connectivity index (χ1v) is 10.8. The highest BCUT2D eigenvalue weighted by Gasteiger charge is 2.16. The molecule has 2 aromatic heterocycles. The predicted octanol–water partition coefficient (Wildman–Crippen LogP) is 5.00. The Balaban J connectivity index is 1.56. The molecule has 0 aliphatic rings. The summed E-state index contributed by atoms with van der Waals surface area (Å²) in [6.07, 6.45) is 3.03. The Morgan fingerprint density at radius 1 is 1.06 bits per heavy atom. The first-order valence-electron chi connectivity index (χ1n) is 10.1. The summed E-state index contributed by atoms with van der Waals surface area (Å²) in [5.74, 6) is 0.700. The Kier molecular flexibility index (Phi) is 6.54. The number of benzene rings is 2. The quantitative estimate of drug-likeness (QED) is 0.429. The van der Waals surface area contributed by atoms with Gasteiger partial charge in [0.25, 0.3) is 0 Å². The maximum absolute atomic E-state index is 12.7. The maximum atomic E-state index is 12.7. The minimum atomic E-state index is -0.0909. The minimum Gasteiger partial charge on any atom is -0.354 e. The lowest BCUT2D eigenvalue weighted by Gasteiger charge is -2.11. The normalized spacial score (nSPS) is 11.1. The van der Waals surface area contributed by atoms with E-state index in [0.29, 0.717) is 29.4 Å². The van der Waals surface area contributed by atoms with Gasteiger partial charge in [-0.1, -0.05) is 59.1 Å². The summed E-state index contributed by atoms with van der Waals surface area (Å²) < 4.78 is 1.91. The van der Waals surface area contributed by atoms with Gasteiger partial charge in [-0.15, -0.1) is 0 Å². The van der Waals surface area contributed by atoms with Crippen LogP contribution in [0.25, 0.3) is 11.0 Å². The lowest BCUT2D eigenvalue weighted by Crippen LogP contribution is -2.30. The van der Waals surface area contributed by atoms with Crippen LogP contribution in [-0.2, 0) is 24.2 Å². The van der Waals surface area contributed by atoms with Gasteiger partial charge in [0.2, 0.25) is 5.91 Å². The fourth-order valence-electron chi connectivity index (χ4n) is 3.56. The molecular weight excluding hydrogens is 431 g/mol. The summed E-state index contributed by atoms with van der Waals surface area (Å²) in [6, 6.07) is 17.5. The van der Waals surface area contributed by atoms with Crippen LogP contribution in [0.15, 0.2) is 60.8 Å². The number of carbonyl (C=O) groups excluding carboxylic acids is 1. The number of nitrogens with zero attached hydrogens (tertiary/aromatic N) is 3. The second-order valence-corrected chi connectivity index (χ2v) is 8.27. The number of rotatable bonds is 7. The van der Waals surface area contributed by atoms with E-state index >= 15 is 0 Å². The predicted molar refractivity (Wildman–Crippen MR) is 125 cm³/mol. The van der Waals surface area contributed by atoms with Crippen LogP contribution in [-0.4, -0.2) is 27.0 Å². The third-order valence-corrected chi connectivity index (χ3v) is 5.77. The number of imidazole rings is 1. The molecule has 0 fully saturated rings. The summed E-state index contributed by atoms with van der Waals surface area (Å²) in [5, 5.41) is 3.86. The third kappa shape index (κ3) is 5.24. The molecule has 0 radical (unpaired) electrons. The lowest BCUT2D eigenvalue weighted by atomic mass is 10.1. The van der Waals surface area contributed by atoms with Gasteiger partial charge in [-0.25, -0.2) is 4.98 Å². The second kappa shape index (κ2) is 9.50. The van der Waals surface area contributed by atoms with Gasteiger partial charge < -0.3 is 9.88 Å². The zero-order valence-electron chi connectivity index (χ0n) is 17.1. The number of aryl methyl sites for hydroxylation is 1. The molecule has 0 spiro atoms. The van der Waals surface area contributed by atoms with Crippen molar-refractivity contribution in [3.8, 4) is 0 Å². The van der Waals surface area contributed by atoms with Crippen LogP contribution in [0.2, 0.25) is 10.0 Å². The Bertz CT molecular complexity index is 1220. The molecule has 0 aliphatic heterocycles. The molecule has 0 saturated carbocycles. The van der Waals surface area contributed by atoms with E-state index < -0.39 is 0 Å². The van der Waals surface area contributed by atoms with E-state index in [9.17, 15) is 4.79 Å². The Morgan fingerprint density at radius 2 is 1.90 bits per heavy atom. The van der Waals surface area contributed by atoms with Crippen molar-refractivity contribution < 1.29 is 4.79 Å². The topological polar surface area (TPSA) is 59.8 Å². The van der Waals surface area contributed by atoms with Crippen LogP contribution < -0.4 is 5.32 Å². The summed E-state index contributed by atoms with van der Waals surface area (Å²) in [5.41, 5.74) is 4.76. The van der Waals surface area contributed by atoms with E-state index in [1.165, 1.54) is 5.56 Å². The fraction of sp³-hybridized carbons (Fsp3) is 0.208. The molecule has 0 bridgehead atoms. The van der Waals surface area contributed by atoms with Crippen molar-refractivity contribution in [2.45, 2.75) is 26.3 Å². The number of carbonyl (C=O) groups is 1. The largest absolute Gasteiger partial charge is 0.354 e. The number of pyridine rings is 1. The van der Waals surface area contributed by atoms with Gasteiger partial charge in [0.05, 0.1) is 21.1 Å². The molecule has 4 rings (SSSR count). The van der Waals surface area contributed by atoms with Crippen LogP contribution in [0.5, 0.6) is 0 Å². The van der Waals surface area contributed by atoms with Crippen molar-refractivity contribution in [3.63, 3.8) is 0 Å². The van der Waals surface area contributed by atoms with E-state index in [1.54, 1.807) is 18.3 Å². The molecule has 0 aliphatic carbocycles. The average molecular weight is 453 g/mol. The Morgan fingerprint density at radius 3 is 2.68 bits per heavy atom. The minimum absolute atomic E-state index is 0.0909. The highest BCUT2D eigenvalue weighted by atomic mass is 35.5. The van der Waals surface area contributed by atoms with Crippen molar-refractivity contribution in [2.75, 3.05) is 6.54 Å². The van der Waals surface area contributed by atoms with Crippen LogP contribution in [0.3, 0.4) is 0 Å². The molecule has 1 amide bonds. The first-order chi connectivity index (χ1) is 15.0. The zero-order chi connectivity index (χ0) is 21.8. The number of hydrogen-bond donors (Lipinski definition) is 1. The van der Waals surface area contributed by atoms with Gasteiger partial charge in [-0.3, -0.25) is 9.78 Å². The van der Waals surface area contributed by atoms with Crippen LogP contribution in [0, 0.1) is 6.92 Å².